The fourth-order valence-electron chi connectivity index (χ4n) is 2.89. The maximum absolute atomic E-state index is 12.7. The van der Waals surface area contributed by atoms with E-state index in [1.807, 2.05) is 0 Å². The van der Waals surface area contributed by atoms with Gasteiger partial charge in [-0.15, -0.1) is 0 Å². The third kappa shape index (κ3) is 4.09. The molecule has 1 atom stereocenters. The molecule has 0 saturated carbocycles. The van der Waals surface area contributed by atoms with E-state index in [9.17, 15) is 13.2 Å². The molecule has 1 aliphatic heterocycles. The van der Waals surface area contributed by atoms with Gasteiger partial charge in [0.25, 0.3) is 5.91 Å². The van der Waals surface area contributed by atoms with E-state index >= 15 is 0 Å². The molecule has 26 heavy (non-hydrogen) atoms. The molecule has 1 aromatic heterocycles. The van der Waals surface area contributed by atoms with Crippen LogP contribution in [0.4, 0.5) is 0 Å². The monoisotopic (exact) mass is 373 g/mol. The first kappa shape index (κ1) is 18.1. The molecular formula is C17H19N5O3S. The van der Waals surface area contributed by atoms with Crippen molar-refractivity contribution in [1.29, 1.82) is 5.26 Å². The van der Waals surface area contributed by atoms with E-state index in [-0.39, 0.29) is 23.3 Å². The molecule has 1 aromatic carbocycles. The Morgan fingerprint density at radius 3 is 3.00 bits per heavy atom. The first-order chi connectivity index (χ1) is 12.5. The average molecular weight is 373 g/mol. The van der Waals surface area contributed by atoms with Crippen molar-refractivity contribution in [3.63, 3.8) is 0 Å². The molecule has 2 heterocycles. The summed E-state index contributed by atoms with van der Waals surface area (Å²) in [6.07, 6.45) is 3.09. The van der Waals surface area contributed by atoms with Crippen molar-refractivity contribution in [2.75, 3.05) is 13.1 Å². The molecule has 9 heteroatoms. The molecule has 1 amide bonds. The van der Waals surface area contributed by atoms with Crippen LogP contribution in [0.2, 0.25) is 0 Å². The predicted octanol–water partition coefficient (Wildman–Crippen LogP) is 1.26. The fourth-order valence-corrected chi connectivity index (χ4v) is 3.94. The fraction of sp³-hybridized carbons (Fsp3) is 0.353. The molecule has 1 unspecified atom stereocenters. The number of carbonyl (C=O) groups is 1. The molecule has 8 nitrogen and oxygen atoms in total. The summed E-state index contributed by atoms with van der Waals surface area (Å²) in [6, 6.07) is 9.82. The van der Waals surface area contributed by atoms with Crippen LogP contribution in [0, 0.1) is 17.2 Å². The Labute approximate surface area is 151 Å². The summed E-state index contributed by atoms with van der Waals surface area (Å²) in [5.74, 6) is -0.425. The number of aromatic amines is 1. The molecule has 2 N–H and O–H groups in total. The second kappa shape index (κ2) is 7.68. The topological polar surface area (TPSA) is 119 Å². The van der Waals surface area contributed by atoms with Crippen LogP contribution in [-0.4, -0.2) is 42.5 Å². The van der Waals surface area contributed by atoms with Gasteiger partial charge in [-0.25, -0.2) is 13.1 Å². The SMILES string of the molecule is N#CC1CCCN(C(=O)c2cccc(S(=O)(=O)NCc3ccn[nH]3)c2)C1. The van der Waals surface area contributed by atoms with Crippen LogP contribution in [0.1, 0.15) is 28.9 Å². The van der Waals surface area contributed by atoms with Gasteiger partial charge in [0.2, 0.25) is 10.0 Å². The number of nitrogens with one attached hydrogen (secondary N) is 2. The lowest BCUT2D eigenvalue weighted by molar-refractivity contribution is 0.0698. The van der Waals surface area contributed by atoms with Gasteiger partial charge in [0.05, 0.1) is 29.1 Å². The Morgan fingerprint density at radius 2 is 2.27 bits per heavy atom. The number of carbonyl (C=O) groups excluding carboxylic acids is 1. The molecule has 3 rings (SSSR count). The summed E-state index contributed by atoms with van der Waals surface area (Å²) in [5, 5.41) is 15.5. The lowest BCUT2D eigenvalue weighted by Crippen LogP contribution is -2.39. The standard InChI is InChI=1S/C17H19N5O3S/c18-10-13-3-2-8-22(12-13)17(23)14-4-1-5-16(9-14)26(24,25)20-11-15-6-7-19-21-15/h1,4-7,9,13,20H,2-3,8,11-12H2,(H,19,21). The molecular weight excluding hydrogens is 354 g/mol. The van der Waals surface area contributed by atoms with Crippen molar-refractivity contribution in [1.82, 2.24) is 19.8 Å². The molecule has 0 spiro atoms. The lowest BCUT2D eigenvalue weighted by Gasteiger charge is -2.29. The first-order valence-corrected chi connectivity index (χ1v) is 9.75. The summed E-state index contributed by atoms with van der Waals surface area (Å²) >= 11 is 0. The minimum Gasteiger partial charge on any atom is -0.337 e. The highest BCUT2D eigenvalue weighted by Gasteiger charge is 2.25. The first-order valence-electron chi connectivity index (χ1n) is 8.26. The highest BCUT2D eigenvalue weighted by Crippen LogP contribution is 2.19. The zero-order valence-corrected chi connectivity index (χ0v) is 14.9. The van der Waals surface area contributed by atoms with E-state index in [0.717, 1.165) is 12.8 Å². The summed E-state index contributed by atoms with van der Waals surface area (Å²) in [6.45, 7) is 1.03. The molecule has 0 bridgehead atoms. The van der Waals surface area contributed by atoms with Crippen LogP contribution in [0.3, 0.4) is 0 Å². The Hall–Kier alpha value is -2.70. The molecule has 136 valence electrons. The number of likely N-dealkylation sites (tertiary alicyclic amines) is 1. The average Bonchev–Trinajstić information content (AvgIpc) is 3.20. The third-order valence-electron chi connectivity index (χ3n) is 4.29. The quantitative estimate of drug-likeness (QED) is 0.818. The van der Waals surface area contributed by atoms with E-state index in [4.69, 9.17) is 5.26 Å². The molecule has 1 fully saturated rings. The number of amides is 1. The molecule has 0 radical (unpaired) electrons. The van der Waals surface area contributed by atoms with Crippen LogP contribution >= 0.6 is 0 Å². The van der Waals surface area contributed by atoms with Gasteiger partial charge in [-0.05, 0) is 37.1 Å². The van der Waals surface area contributed by atoms with Crippen molar-refractivity contribution in [2.45, 2.75) is 24.3 Å². The largest absolute Gasteiger partial charge is 0.337 e. The highest BCUT2D eigenvalue weighted by molar-refractivity contribution is 7.89. The van der Waals surface area contributed by atoms with E-state index in [1.54, 1.807) is 23.1 Å². The zero-order valence-electron chi connectivity index (χ0n) is 14.1. The Morgan fingerprint density at radius 1 is 1.42 bits per heavy atom. The second-order valence-electron chi connectivity index (χ2n) is 6.15. The van der Waals surface area contributed by atoms with Crippen molar-refractivity contribution in [2.24, 2.45) is 5.92 Å². The van der Waals surface area contributed by atoms with Crippen molar-refractivity contribution >= 4 is 15.9 Å². The van der Waals surface area contributed by atoms with E-state index < -0.39 is 10.0 Å². The van der Waals surface area contributed by atoms with Gasteiger partial charge < -0.3 is 4.90 Å². The normalized spacial score (nSPS) is 17.7. The third-order valence-corrected chi connectivity index (χ3v) is 5.69. The number of aromatic nitrogens is 2. The number of rotatable bonds is 5. The van der Waals surface area contributed by atoms with Gasteiger partial charge in [0.1, 0.15) is 0 Å². The number of nitriles is 1. The number of benzene rings is 1. The minimum absolute atomic E-state index is 0.0247. The van der Waals surface area contributed by atoms with Gasteiger partial charge in [0, 0.05) is 24.8 Å². The van der Waals surface area contributed by atoms with E-state index in [0.29, 0.717) is 24.3 Å². The highest BCUT2D eigenvalue weighted by atomic mass is 32.2. The number of nitrogens with zero attached hydrogens (tertiary/aromatic N) is 3. The van der Waals surface area contributed by atoms with Crippen molar-refractivity contribution in [3.05, 3.63) is 47.8 Å². The van der Waals surface area contributed by atoms with Crippen LogP contribution < -0.4 is 4.72 Å². The van der Waals surface area contributed by atoms with Gasteiger partial charge in [0.15, 0.2) is 0 Å². The summed E-state index contributed by atoms with van der Waals surface area (Å²) < 4.78 is 27.4. The number of sulfonamides is 1. The molecule has 1 saturated heterocycles. The smallest absolute Gasteiger partial charge is 0.253 e. The summed E-state index contributed by atoms with van der Waals surface area (Å²) in [5.41, 5.74) is 0.935. The van der Waals surface area contributed by atoms with Crippen LogP contribution in [0.25, 0.3) is 0 Å². The number of hydrogen-bond acceptors (Lipinski definition) is 5. The summed E-state index contributed by atoms with van der Waals surface area (Å²) in [7, 11) is -3.76. The summed E-state index contributed by atoms with van der Waals surface area (Å²) in [4.78, 5) is 14.3. The second-order valence-corrected chi connectivity index (χ2v) is 7.92. The Balaban J connectivity index is 1.75. The van der Waals surface area contributed by atoms with Crippen molar-refractivity contribution in [3.8, 4) is 6.07 Å². The van der Waals surface area contributed by atoms with Gasteiger partial charge in [-0.2, -0.15) is 10.4 Å². The number of piperidine rings is 1. The number of H-pyrrole nitrogens is 1. The van der Waals surface area contributed by atoms with Crippen LogP contribution in [-0.2, 0) is 16.6 Å². The Kier molecular flexibility index (Phi) is 5.35. The Bertz CT molecular complexity index is 918. The molecule has 0 aliphatic carbocycles. The molecule has 1 aliphatic rings. The van der Waals surface area contributed by atoms with Gasteiger partial charge in [-0.1, -0.05) is 6.07 Å². The zero-order chi connectivity index (χ0) is 18.6. The predicted molar refractivity (Wildman–Crippen MR) is 93.3 cm³/mol. The van der Waals surface area contributed by atoms with Gasteiger partial charge >= 0.3 is 0 Å². The van der Waals surface area contributed by atoms with Crippen LogP contribution in [0.5, 0.6) is 0 Å². The van der Waals surface area contributed by atoms with Crippen molar-refractivity contribution < 1.29 is 13.2 Å². The van der Waals surface area contributed by atoms with Gasteiger partial charge in [-0.3, -0.25) is 9.89 Å². The minimum atomic E-state index is -3.76. The lowest BCUT2D eigenvalue weighted by atomic mass is 9.99. The van der Waals surface area contributed by atoms with E-state index in [2.05, 4.69) is 21.0 Å². The van der Waals surface area contributed by atoms with E-state index in [1.165, 1.54) is 18.3 Å². The number of hydrogen-bond donors (Lipinski definition) is 2. The van der Waals surface area contributed by atoms with Crippen LogP contribution in [0.15, 0.2) is 41.4 Å². The molecule has 2 aromatic rings. The maximum atomic E-state index is 12.7. The maximum Gasteiger partial charge on any atom is 0.253 e.